The second-order valence-electron chi connectivity index (χ2n) is 5.45. The molecule has 2 aromatic carbocycles. The van der Waals surface area contributed by atoms with E-state index in [1.165, 1.54) is 11.8 Å². The molecule has 0 unspecified atom stereocenters. The molecular weight excluding hydrogens is 354 g/mol. The zero-order valence-corrected chi connectivity index (χ0v) is 15.0. The average Bonchev–Trinajstić information content (AvgIpc) is 2.61. The number of hydrogen-bond donors (Lipinski definition) is 1. The molecule has 124 valence electrons. The van der Waals surface area contributed by atoms with Crippen LogP contribution in [0, 0.1) is 18.3 Å². The van der Waals surface area contributed by atoms with Gasteiger partial charge in [-0.3, -0.25) is 4.79 Å². The van der Waals surface area contributed by atoms with E-state index in [0.717, 1.165) is 16.7 Å². The summed E-state index contributed by atoms with van der Waals surface area (Å²) in [5, 5.41) is 10.4. The summed E-state index contributed by atoms with van der Waals surface area (Å²) >= 11 is 7.54. The Morgan fingerprint density at radius 1 is 1.20 bits per heavy atom. The van der Waals surface area contributed by atoms with Gasteiger partial charge in [0.05, 0.1) is 5.69 Å². The lowest BCUT2D eigenvalue weighted by molar-refractivity contribution is 0.934. The number of aromatic nitrogens is 2. The molecule has 0 aliphatic carbocycles. The summed E-state index contributed by atoms with van der Waals surface area (Å²) in [4.78, 5) is 19.4. The molecule has 1 aromatic heterocycles. The molecule has 3 aromatic rings. The maximum atomic E-state index is 12.3. The number of halogens is 1. The molecule has 25 heavy (non-hydrogen) atoms. The number of hydrogen-bond acceptors (Lipinski definition) is 4. The van der Waals surface area contributed by atoms with Gasteiger partial charge in [0.25, 0.3) is 5.56 Å². The summed E-state index contributed by atoms with van der Waals surface area (Å²) in [6, 6.07) is 17.1. The highest BCUT2D eigenvalue weighted by atomic mass is 35.5. The lowest BCUT2D eigenvalue weighted by Gasteiger charge is -2.07. The van der Waals surface area contributed by atoms with Gasteiger partial charge in [-0.15, -0.1) is 0 Å². The third kappa shape index (κ3) is 3.93. The van der Waals surface area contributed by atoms with Crippen molar-refractivity contribution in [2.45, 2.75) is 17.8 Å². The van der Waals surface area contributed by atoms with Crippen LogP contribution in [0.3, 0.4) is 0 Å². The van der Waals surface area contributed by atoms with Gasteiger partial charge in [0, 0.05) is 16.3 Å². The summed E-state index contributed by atoms with van der Waals surface area (Å²) in [5.74, 6) is 0.571. The van der Waals surface area contributed by atoms with Crippen molar-refractivity contribution in [3.63, 3.8) is 0 Å². The maximum absolute atomic E-state index is 12.3. The van der Waals surface area contributed by atoms with Gasteiger partial charge in [0.1, 0.15) is 11.6 Å². The van der Waals surface area contributed by atoms with E-state index in [1.54, 1.807) is 0 Å². The first kappa shape index (κ1) is 17.3. The predicted octanol–water partition coefficient (Wildman–Crippen LogP) is 4.56. The minimum atomic E-state index is -0.435. The van der Waals surface area contributed by atoms with Crippen molar-refractivity contribution in [1.29, 1.82) is 5.26 Å². The van der Waals surface area contributed by atoms with Gasteiger partial charge in [0.2, 0.25) is 0 Å². The summed E-state index contributed by atoms with van der Waals surface area (Å²) in [6.45, 7) is 1.98. The molecule has 0 radical (unpaired) electrons. The second kappa shape index (κ2) is 7.56. The van der Waals surface area contributed by atoms with E-state index in [-0.39, 0.29) is 5.56 Å². The van der Waals surface area contributed by atoms with Crippen LogP contribution in [0.25, 0.3) is 11.3 Å². The number of nitrogens with zero attached hydrogens (tertiary/aromatic N) is 2. The van der Waals surface area contributed by atoms with Crippen LogP contribution in [0.4, 0.5) is 0 Å². The number of nitriles is 1. The molecule has 0 atom stereocenters. The molecule has 0 amide bonds. The van der Waals surface area contributed by atoms with Crippen molar-refractivity contribution in [2.24, 2.45) is 0 Å². The zero-order valence-electron chi connectivity index (χ0n) is 13.4. The van der Waals surface area contributed by atoms with Gasteiger partial charge in [-0.1, -0.05) is 71.4 Å². The van der Waals surface area contributed by atoms with E-state index in [2.05, 4.69) is 9.97 Å². The summed E-state index contributed by atoms with van der Waals surface area (Å²) in [7, 11) is 0. The van der Waals surface area contributed by atoms with Gasteiger partial charge >= 0.3 is 0 Å². The first-order valence-corrected chi connectivity index (χ1v) is 8.92. The van der Waals surface area contributed by atoms with Crippen LogP contribution in [0.15, 0.2) is 58.5 Å². The minimum Gasteiger partial charge on any atom is -0.300 e. The highest BCUT2D eigenvalue weighted by Gasteiger charge is 2.14. The standard InChI is InChI=1S/C19H14ClN3OS/c1-12-6-8-13(9-7-12)17-15(10-21)18(24)23-19(22-17)25-11-14-4-2-3-5-16(14)20/h2-9H,11H2,1H3,(H,22,23,24). The molecule has 0 aliphatic heterocycles. The molecule has 1 heterocycles. The number of aromatic amines is 1. The Morgan fingerprint density at radius 2 is 1.92 bits per heavy atom. The molecule has 0 spiro atoms. The Kier molecular flexibility index (Phi) is 5.22. The molecular formula is C19H14ClN3OS. The van der Waals surface area contributed by atoms with Gasteiger partial charge in [-0.25, -0.2) is 4.98 Å². The third-order valence-corrected chi connectivity index (χ3v) is 4.95. The summed E-state index contributed by atoms with van der Waals surface area (Å²) in [5.41, 5.74) is 2.78. The molecule has 0 saturated heterocycles. The normalized spacial score (nSPS) is 10.4. The van der Waals surface area contributed by atoms with Gasteiger partial charge in [-0.2, -0.15) is 5.26 Å². The van der Waals surface area contributed by atoms with Crippen molar-refractivity contribution >= 4 is 23.4 Å². The van der Waals surface area contributed by atoms with Crippen molar-refractivity contribution < 1.29 is 0 Å². The first-order valence-electron chi connectivity index (χ1n) is 7.56. The minimum absolute atomic E-state index is 0.0194. The average molecular weight is 368 g/mol. The van der Waals surface area contributed by atoms with Crippen molar-refractivity contribution in [3.8, 4) is 17.3 Å². The summed E-state index contributed by atoms with van der Waals surface area (Å²) < 4.78 is 0. The van der Waals surface area contributed by atoms with E-state index in [9.17, 15) is 10.1 Å². The Labute approximate surface area is 154 Å². The number of nitrogens with one attached hydrogen (secondary N) is 1. The Hall–Kier alpha value is -2.55. The number of aryl methyl sites for hydroxylation is 1. The van der Waals surface area contributed by atoms with Crippen LogP contribution < -0.4 is 5.56 Å². The van der Waals surface area contributed by atoms with Crippen LogP contribution in [0.2, 0.25) is 5.02 Å². The van der Waals surface area contributed by atoms with E-state index in [1.807, 2.05) is 61.5 Å². The van der Waals surface area contributed by atoms with Crippen molar-refractivity contribution in [2.75, 3.05) is 0 Å². The molecule has 0 saturated carbocycles. The predicted molar refractivity (Wildman–Crippen MR) is 101 cm³/mol. The van der Waals surface area contributed by atoms with Gasteiger partial charge < -0.3 is 4.98 Å². The Morgan fingerprint density at radius 3 is 2.60 bits per heavy atom. The lowest BCUT2D eigenvalue weighted by Crippen LogP contribution is -2.14. The number of thioether (sulfide) groups is 1. The fourth-order valence-corrected chi connectivity index (χ4v) is 3.45. The highest BCUT2D eigenvalue weighted by molar-refractivity contribution is 7.98. The molecule has 0 fully saturated rings. The SMILES string of the molecule is Cc1ccc(-c2nc(SCc3ccccc3Cl)[nH]c(=O)c2C#N)cc1. The number of benzene rings is 2. The van der Waals surface area contributed by atoms with Crippen LogP contribution in [0.1, 0.15) is 16.7 Å². The number of rotatable bonds is 4. The van der Waals surface area contributed by atoms with Gasteiger partial charge in [-0.05, 0) is 18.6 Å². The zero-order chi connectivity index (χ0) is 17.8. The largest absolute Gasteiger partial charge is 0.300 e. The van der Waals surface area contributed by atoms with Crippen LogP contribution >= 0.6 is 23.4 Å². The maximum Gasteiger partial charge on any atom is 0.270 e. The Balaban J connectivity index is 1.96. The van der Waals surface area contributed by atoms with Crippen molar-refractivity contribution in [1.82, 2.24) is 9.97 Å². The molecule has 6 heteroatoms. The van der Waals surface area contributed by atoms with E-state index < -0.39 is 5.56 Å². The van der Waals surface area contributed by atoms with E-state index >= 15 is 0 Å². The smallest absolute Gasteiger partial charge is 0.270 e. The summed E-state index contributed by atoms with van der Waals surface area (Å²) in [6.07, 6.45) is 0. The monoisotopic (exact) mass is 367 g/mol. The Bertz CT molecular complexity index is 1010. The third-order valence-electron chi connectivity index (χ3n) is 3.66. The quantitative estimate of drug-likeness (QED) is 0.542. The molecule has 0 aliphatic rings. The molecule has 4 nitrogen and oxygen atoms in total. The van der Waals surface area contributed by atoms with Crippen LogP contribution in [0.5, 0.6) is 0 Å². The topological polar surface area (TPSA) is 69.5 Å². The molecule has 0 bridgehead atoms. The highest BCUT2D eigenvalue weighted by Crippen LogP contribution is 2.26. The fourth-order valence-electron chi connectivity index (χ4n) is 2.31. The molecule has 1 N–H and O–H groups in total. The first-order chi connectivity index (χ1) is 12.1. The van der Waals surface area contributed by atoms with Crippen molar-refractivity contribution in [3.05, 3.63) is 80.6 Å². The van der Waals surface area contributed by atoms with Gasteiger partial charge in [0.15, 0.2) is 5.16 Å². The van der Waals surface area contributed by atoms with E-state index in [0.29, 0.717) is 21.6 Å². The van der Waals surface area contributed by atoms with Crippen LogP contribution in [-0.2, 0) is 5.75 Å². The fraction of sp³-hybridized carbons (Fsp3) is 0.105. The lowest BCUT2D eigenvalue weighted by atomic mass is 10.1. The number of H-pyrrole nitrogens is 1. The molecule has 3 rings (SSSR count). The van der Waals surface area contributed by atoms with E-state index in [4.69, 9.17) is 11.6 Å². The van der Waals surface area contributed by atoms with Crippen LogP contribution in [-0.4, -0.2) is 9.97 Å². The second-order valence-corrected chi connectivity index (χ2v) is 6.82.